The van der Waals surface area contributed by atoms with Crippen LogP contribution in [-0.4, -0.2) is 15.7 Å². The predicted molar refractivity (Wildman–Crippen MR) is 76.5 cm³/mol. The molecule has 0 atom stereocenters. The van der Waals surface area contributed by atoms with Crippen LogP contribution in [0.4, 0.5) is 11.5 Å². The fraction of sp³-hybridized carbons (Fsp3) is 0.231. The fourth-order valence-electron chi connectivity index (χ4n) is 1.84. The molecule has 2 rings (SSSR count). The number of anilines is 2. The molecule has 0 unspecified atom stereocenters. The van der Waals surface area contributed by atoms with Crippen LogP contribution >= 0.6 is 11.6 Å². The van der Waals surface area contributed by atoms with Crippen molar-refractivity contribution in [2.24, 2.45) is 7.05 Å². The van der Waals surface area contributed by atoms with Crippen LogP contribution < -0.4 is 11.1 Å². The molecule has 0 saturated carbocycles. The number of nitrogen functional groups attached to an aromatic ring is 1. The van der Waals surface area contributed by atoms with E-state index in [4.69, 9.17) is 17.3 Å². The minimum atomic E-state index is -0.255. The number of amides is 1. The molecule has 5 nitrogen and oxygen atoms in total. The average molecular weight is 279 g/mol. The van der Waals surface area contributed by atoms with Crippen molar-refractivity contribution in [2.75, 3.05) is 11.1 Å². The van der Waals surface area contributed by atoms with E-state index < -0.39 is 0 Å². The lowest BCUT2D eigenvalue weighted by Crippen LogP contribution is -2.16. The third kappa shape index (κ3) is 2.56. The van der Waals surface area contributed by atoms with E-state index >= 15 is 0 Å². The van der Waals surface area contributed by atoms with Crippen molar-refractivity contribution in [3.63, 3.8) is 0 Å². The maximum atomic E-state index is 12.2. The third-order valence-electron chi connectivity index (χ3n) is 2.94. The first-order chi connectivity index (χ1) is 8.90. The minimum Gasteiger partial charge on any atom is -0.394 e. The van der Waals surface area contributed by atoms with Gasteiger partial charge in [-0.25, -0.2) is 0 Å². The van der Waals surface area contributed by atoms with E-state index in [1.165, 1.54) is 0 Å². The number of rotatable bonds is 2. The summed E-state index contributed by atoms with van der Waals surface area (Å²) in [5.74, 6) is 0.233. The highest BCUT2D eigenvalue weighted by Crippen LogP contribution is 2.23. The molecule has 1 amide bonds. The molecular formula is C13H15ClN4O. The molecule has 1 aromatic heterocycles. The first-order valence-corrected chi connectivity index (χ1v) is 6.14. The van der Waals surface area contributed by atoms with Gasteiger partial charge in [-0.2, -0.15) is 5.10 Å². The van der Waals surface area contributed by atoms with E-state index in [0.717, 1.165) is 5.56 Å². The molecule has 2 aromatic rings. The van der Waals surface area contributed by atoms with Crippen LogP contribution in [0, 0.1) is 13.8 Å². The lowest BCUT2D eigenvalue weighted by Gasteiger charge is -2.09. The van der Waals surface area contributed by atoms with Gasteiger partial charge in [0, 0.05) is 17.6 Å². The Balaban J connectivity index is 2.33. The average Bonchev–Trinajstić information content (AvgIpc) is 2.59. The number of nitrogens with two attached hydrogens (primary N) is 1. The molecule has 0 saturated heterocycles. The number of hydrogen-bond donors (Lipinski definition) is 2. The molecule has 0 aliphatic rings. The monoisotopic (exact) mass is 278 g/mol. The van der Waals surface area contributed by atoms with Crippen molar-refractivity contribution < 1.29 is 4.79 Å². The minimum absolute atomic E-state index is 0.255. The van der Waals surface area contributed by atoms with Gasteiger partial charge in [-0.05, 0) is 31.5 Å². The molecule has 1 aromatic carbocycles. The van der Waals surface area contributed by atoms with E-state index in [-0.39, 0.29) is 5.91 Å². The summed E-state index contributed by atoms with van der Waals surface area (Å²) in [7, 11) is 1.73. The van der Waals surface area contributed by atoms with Gasteiger partial charge in [0.05, 0.1) is 11.4 Å². The number of aromatic nitrogens is 2. The highest BCUT2D eigenvalue weighted by molar-refractivity contribution is 6.31. The number of nitrogens with one attached hydrogen (secondary N) is 1. The number of carbonyl (C=O) groups is 1. The summed E-state index contributed by atoms with van der Waals surface area (Å²) in [5, 5.41) is 7.43. The summed E-state index contributed by atoms with van der Waals surface area (Å²) in [6.45, 7) is 3.64. The van der Waals surface area contributed by atoms with Crippen LogP contribution in [0.3, 0.4) is 0 Å². The highest BCUT2D eigenvalue weighted by Gasteiger charge is 2.15. The van der Waals surface area contributed by atoms with Crippen LogP contribution in [0.15, 0.2) is 18.2 Å². The quantitative estimate of drug-likeness (QED) is 0.886. The Morgan fingerprint density at radius 3 is 2.68 bits per heavy atom. The summed E-state index contributed by atoms with van der Waals surface area (Å²) in [6.07, 6.45) is 0. The van der Waals surface area contributed by atoms with E-state index in [1.807, 2.05) is 6.92 Å². The van der Waals surface area contributed by atoms with Gasteiger partial charge in [0.1, 0.15) is 0 Å². The van der Waals surface area contributed by atoms with Crippen molar-refractivity contribution in [1.82, 2.24) is 9.78 Å². The maximum Gasteiger partial charge on any atom is 0.257 e. The van der Waals surface area contributed by atoms with E-state index in [0.29, 0.717) is 27.8 Å². The van der Waals surface area contributed by atoms with Crippen LogP contribution in [-0.2, 0) is 7.05 Å². The highest BCUT2D eigenvalue weighted by atomic mass is 35.5. The van der Waals surface area contributed by atoms with Crippen molar-refractivity contribution in [1.29, 1.82) is 0 Å². The third-order valence-corrected chi connectivity index (χ3v) is 3.18. The molecule has 6 heteroatoms. The molecule has 0 bridgehead atoms. The second kappa shape index (κ2) is 4.93. The molecule has 3 N–H and O–H groups in total. The molecule has 0 aliphatic carbocycles. The molecule has 1 heterocycles. The molecular weight excluding hydrogens is 264 g/mol. The van der Waals surface area contributed by atoms with Gasteiger partial charge >= 0.3 is 0 Å². The van der Waals surface area contributed by atoms with E-state index in [2.05, 4.69) is 10.4 Å². The lowest BCUT2D eigenvalue weighted by molar-refractivity contribution is 0.102. The number of aryl methyl sites for hydroxylation is 3. The molecule has 0 aliphatic heterocycles. The van der Waals surface area contributed by atoms with Crippen molar-refractivity contribution in [2.45, 2.75) is 13.8 Å². The van der Waals surface area contributed by atoms with Crippen LogP contribution in [0.1, 0.15) is 21.6 Å². The van der Waals surface area contributed by atoms with Crippen molar-refractivity contribution >= 4 is 29.0 Å². The molecule has 19 heavy (non-hydrogen) atoms. The Morgan fingerprint density at radius 1 is 1.42 bits per heavy atom. The molecule has 100 valence electrons. The maximum absolute atomic E-state index is 12.2. The zero-order chi connectivity index (χ0) is 14.2. The topological polar surface area (TPSA) is 72.9 Å². The van der Waals surface area contributed by atoms with Crippen molar-refractivity contribution in [3.8, 4) is 0 Å². The number of nitrogens with zero attached hydrogens (tertiary/aromatic N) is 2. The van der Waals surface area contributed by atoms with Crippen LogP contribution in [0.5, 0.6) is 0 Å². The number of halogens is 1. The van der Waals surface area contributed by atoms with Crippen LogP contribution in [0.2, 0.25) is 5.02 Å². The van der Waals surface area contributed by atoms with Crippen LogP contribution in [0.25, 0.3) is 0 Å². The Hall–Kier alpha value is -2.01. The summed E-state index contributed by atoms with van der Waals surface area (Å²) in [6, 6.07) is 5.18. The Kier molecular flexibility index (Phi) is 3.48. The summed E-state index contributed by atoms with van der Waals surface area (Å²) < 4.78 is 1.54. The zero-order valence-corrected chi connectivity index (χ0v) is 11.7. The molecule has 0 fully saturated rings. The van der Waals surface area contributed by atoms with Gasteiger partial charge in [0.2, 0.25) is 0 Å². The first kappa shape index (κ1) is 13.4. The van der Waals surface area contributed by atoms with Gasteiger partial charge < -0.3 is 11.1 Å². The van der Waals surface area contributed by atoms with Crippen molar-refractivity contribution in [3.05, 3.63) is 40.0 Å². The summed E-state index contributed by atoms with van der Waals surface area (Å²) >= 11 is 5.91. The fourth-order valence-corrected chi connectivity index (χ4v) is 2.01. The normalized spacial score (nSPS) is 10.5. The second-order valence-electron chi connectivity index (χ2n) is 4.38. The van der Waals surface area contributed by atoms with E-state index in [9.17, 15) is 4.79 Å². The molecule has 0 radical (unpaired) electrons. The zero-order valence-electron chi connectivity index (χ0n) is 11.0. The Morgan fingerprint density at radius 2 is 2.11 bits per heavy atom. The number of hydrogen-bond acceptors (Lipinski definition) is 3. The van der Waals surface area contributed by atoms with Gasteiger partial charge in [0.15, 0.2) is 5.82 Å². The smallest absolute Gasteiger partial charge is 0.257 e. The Labute approximate surface area is 116 Å². The first-order valence-electron chi connectivity index (χ1n) is 5.76. The number of benzene rings is 1. The standard InChI is InChI=1S/C13H15ClN4O/c1-7-4-5-9(14)6-10(7)13(19)16-12-11(15)8(2)17-18(12)3/h4-6H,15H2,1-3H3,(H,16,19). The second-order valence-corrected chi connectivity index (χ2v) is 4.82. The summed E-state index contributed by atoms with van der Waals surface area (Å²) in [5.41, 5.74) is 8.39. The van der Waals surface area contributed by atoms with Gasteiger partial charge in [-0.15, -0.1) is 0 Å². The van der Waals surface area contributed by atoms with E-state index in [1.54, 1.807) is 36.9 Å². The van der Waals surface area contributed by atoms with Gasteiger partial charge in [-0.3, -0.25) is 9.48 Å². The summed E-state index contributed by atoms with van der Waals surface area (Å²) in [4.78, 5) is 12.2. The number of carbonyl (C=O) groups excluding carboxylic acids is 1. The van der Waals surface area contributed by atoms with Gasteiger partial charge in [-0.1, -0.05) is 17.7 Å². The Bertz CT molecular complexity index is 648. The lowest BCUT2D eigenvalue weighted by atomic mass is 10.1. The SMILES string of the molecule is Cc1ccc(Cl)cc1C(=O)Nc1c(N)c(C)nn1C. The predicted octanol–water partition coefficient (Wildman–Crippen LogP) is 2.52. The molecule has 0 spiro atoms. The van der Waals surface area contributed by atoms with Gasteiger partial charge in [0.25, 0.3) is 5.91 Å². The largest absolute Gasteiger partial charge is 0.394 e.